The summed E-state index contributed by atoms with van der Waals surface area (Å²) < 4.78 is 0. The lowest BCUT2D eigenvalue weighted by Gasteiger charge is -2.23. The highest BCUT2D eigenvalue weighted by atomic mass is 32.2. The Bertz CT molecular complexity index is 143. The molecule has 1 rings (SSSR count). The second-order valence-corrected chi connectivity index (χ2v) is 6.17. The van der Waals surface area contributed by atoms with Crippen LogP contribution in [0, 0.1) is 0 Å². The molecule has 0 saturated heterocycles. The van der Waals surface area contributed by atoms with Crippen LogP contribution in [0.4, 0.5) is 0 Å². The fraction of sp³-hybridized carbons (Fsp3) is 1.00. The van der Waals surface area contributed by atoms with Crippen molar-refractivity contribution < 1.29 is 0 Å². The van der Waals surface area contributed by atoms with Crippen molar-refractivity contribution in [1.82, 2.24) is 5.32 Å². The minimum Gasteiger partial charge on any atom is -0.313 e. The van der Waals surface area contributed by atoms with E-state index in [1.807, 2.05) is 0 Å². The third kappa shape index (κ3) is 4.22. The first-order valence-corrected chi connectivity index (χ1v) is 7.07. The Morgan fingerprint density at radius 1 is 1.29 bits per heavy atom. The van der Waals surface area contributed by atoms with Gasteiger partial charge in [0.25, 0.3) is 0 Å². The molecule has 1 aliphatic carbocycles. The Labute approximate surface area is 93.4 Å². The highest BCUT2D eigenvalue weighted by molar-refractivity contribution is 8.00. The van der Waals surface area contributed by atoms with Gasteiger partial charge in [-0.25, -0.2) is 0 Å². The van der Waals surface area contributed by atoms with Crippen molar-refractivity contribution in [3.8, 4) is 0 Å². The second-order valence-electron chi connectivity index (χ2n) is 4.49. The van der Waals surface area contributed by atoms with E-state index in [0.29, 0.717) is 6.04 Å². The van der Waals surface area contributed by atoms with Crippen molar-refractivity contribution in [2.45, 2.75) is 69.4 Å². The summed E-state index contributed by atoms with van der Waals surface area (Å²) in [7, 11) is 0. The first kappa shape index (κ1) is 12.4. The molecular weight excluding hydrogens is 190 g/mol. The molecule has 0 aromatic heterocycles. The summed E-state index contributed by atoms with van der Waals surface area (Å²) in [6.45, 7) is 8.09. The first-order valence-electron chi connectivity index (χ1n) is 6.13. The lowest BCUT2D eigenvalue weighted by Crippen LogP contribution is -2.35. The van der Waals surface area contributed by atoms with Crippen LogP contribution in [0.5, 0.6) is 0 Å². The van der Waals surface area contributed by atoms with E-state index in [1.165, 1.54) is 32.1 Å². The summed E-state index contributed by atoms with van der Waals surface area (Å²) in [5.41, 5.74) is 0. The van der Waals surface area contributed by atoms with Crippen molar-refractivity contribution in [3.05, 3.63) is 0 Å². The van der Waals surface area contributed by atoms with Crippen LogP contribution in [-0.4, -0.2) is 23.1 Å². The molecule has 1 aliphatic rings. The zero-order valence-corrected chi connectivity index (χ0v) is 10.7. The fourth-order valence-corrected chi connectivity index (χ4v) is 3.53. The average molecular weight is 215 g/mol. The molecule has 2 heteroatoms. The zero-order valence-electron chi connectivity index (χ0n) is 9.88. The molecule has 0 aromatic rings. The molecule has 0 radical (unpaired) electrons. The summed E-state index contributed by atoms with van der Waals surface area (Å²) >= 11 is 2.20. The number of nitrogens with one attached hydrogen (secondary N) is 1. The molecule has 0 amide bonds. The molecule has 1 N–H and O–H groups in total. The fourth-order valence-electron chi connectivity index (χ4n) is 1.98. The molecule has 0 aromatic carbocycles. The maximum absolute atomic E-state index is 3.59. The van der Waals surface area contributed by atoms with E-state index >= 15 is 0 Å². The number of thioether (sulfide) groups is 1. The standard InChI is InChI=1S/C12H25NS/c1-4-9-13-10(2)11(3)14-12-7-5-6-8-12/h10-13H,4-9H2,1-3H3. The van der Waals surface area contributed by atoms with Crippen LogP contribution in [0.25, 0.3) is 0 Å². The van der Waals surface area contributed by atoms with Crippen molar-refractivity contribution >= 4 is 11.8 Å². The zero-order chi connectivity index (χ0) is 10.4. The monoisotopic (exact) mass is 215 g/mol. The molecule has 1 nitrogen and oxygen atoms in total. The SMILES string of the molecule is CCCNC(C)C(C)SC1CCCC1. The van der Waals surface area contributed by atoms with Gasteiger partial charge in [0.05, 0.1) is 0 Å². The molecule has 84 valence electrons. The van der Waals surface area contributed by atoms with Crippen LogP contribution in [0.1, 0.15) is 52.9 Å². The van der Waals surface area contributed by atoms with E-state index in [-0.39, 0.29) is 0 Å². The van der Waals surface area contributed by atoms with Gasteiger partial charge < -0.3 is 5.32 Å². The van der Waals surface area contributed by atoms with E-state index < -0.39 is 0 Å². The lowest BCUT2D eigenvalue weighted by atomic mass is 10.2. The van der Waals surface area contributed by atoms with Crippen LogP contribution < -0.4 is 5.32 Å². The van der Waals surface area contributed by atoms with Gasteiger partial charge >= 0.3 is 0 Å². The minimum atomic E-state index is 0.667. The third-order valence-corrected chi connectivity index (χ3v) is 4.82. The van der Waals surface area contributed by atoms with Gasteiger partial charge in [-0.3, -0.25) is 0 Å². The van der Waals surface area contributed by atoms with Gasteiger partial charge in [0, 0.05) is 16.5 Å². The van der Waals surface area contributed by atoms with E-state index in [2.05, 4.69) is 37.8 Å². The molecule has 2 unspecified atom stereocenters. The molecule has 2 atom stereocenters. The molecule has 14 heavy (non-hydrogen) atoms. The second kappa shape index (κ2) is 6.73. The number of hydrogen-bond donors (Lipinski definition) is 1. The van der Waals surface area contributed by atoms with E-state index in [4.69, 9.17) is 0 Å². The van der Waals surface area contributed by atoms with Crippen LogP contribution >= 0.6 is 11.8 Å². The minimum absolute atomic E-state index is 0.667. The highest BCUT2D eigenvalue weighted by Crippen LogP contribution is 2.33. The van der Waals surface area contributed by atoms with Crippen molar-refractivity contribution in [2.24, 2.45) is 0 Å². The van der Waals surface area contributed by atoms with Gasteiger partial charge in [-0.1, -0.05) is 26.7 Å². The summed E-state index contributed by atoms with van der Waals surface area (Å²) in [6.07, 6.45) is 7.07. The maximum Gasteiger partial charge on any atom is 0.0172 e. The third-order valence-electron chi connectivity index (χ3n) is 3.13. The van der Waals surface area contributed by atoms with Crippen molar-refractivity contribution in [2.75, 3.05) is 6.54 Å². The highest BCUT2D eigenvalue weighted by Gasteiger charge is 2.20. The topological polar surface area (TPSA) is 12.0 Å². The predicted molar refractivity (Wildman–Crippen MR) is 67.1 cm³/mol. The van der Waals surface area contributed by atoms with Crippen molar-refractivity contribution in [3.63, 3.8) is 0 Å². The number of hydrogen-bond acceptors (Lipinski definition) is 2. The smallest absolute Gasteiger partial charge is 0.0172 e. The number of rotatable bonds is 6. The van der Waals surface area contributed by atoms with Gasteiger partial charge in [-0.2, -0.15) is 11.8 Å². The summed E-state index contributed by atoms with van der Waals surface area (Å²) in [5, 5.41) is 5.31. The average Bonchev–Trinajstić information content (AvgIpc) is 2.66. The van der Waals surface area contributed by atoms with Crippen molar-refractivity contribution in [1.29, 1.82) is 0 Å². The van der Waals surface area contributed by atoms with E-state index in [1.54, 1.807) is 0 Å². The van der Waals surface area contributed by atoms with Crippen LogP contribution in [0.2, 0.25) is 0 Å². The van der Waals surface area contributed by atoms with E-state index in [0.717, 1.165) is 17.0 Å². The van der Waals surface area contributed by atoms with Gasteiger partial charge in [0.2, 0.25) is 0 Å². The first-order chi connectivity index (χ1) is 6.74. The Morgan fingerprint density at radius 3 is 2.50 bits per heavy atom. The molecule has 0 aliphatic heterocycles. The normalized spacial score (nSPS) is 22.5. The Morgan fingerprint density at radius 2 is 1.93 bits per heavy atom. The van der Waals surface area contributed by atoms with E-state index in [9.17, 15) is 0 Å². The van der Waals surface area contributed by atoms with Gasteiger partial charge in [-0.15, -0.1) is 0 Å². The molecule has 1 saturated carbocycles. The van der Waals surface area contributed by atoms with Gasteiger partial charge in [0.1, 0.15) is 0 Å². The summed E-state index contributed by atoms with van der Waals surface area (Å²) in [6, 6.07) is 0.667. The Hall–Kier alpha value is 0.310. The molecule has 1 fully saturated rings. The Kier molecular flexibility index (Phi) is 5.95. The van der Waals surface area contributed by atoms with Gasteiger partial charge in [-0.05, 0) is 32.7 Å². The van der Waals surface area contributed by atoms with Crippen LogP contribution in [-0.2, 0) is 0 Å². The summed E-state index contributed by atoms with van der Waals surface area (Å²) in [5.74, 6) is 0. The lowest BCUT2D eigenvalue weighted by molar-refractivity contribution is 0.541. The maximum atomic E-state index is 3.59. The Balaban J connectivity index is 2.15. The van der Waals surface area contributed by atoms with Gasteiger partial charge in [0.15, 0.2) is 0 Å². The molecular formula is C12H25NS. The molecule has 0 heterocycles. The quantitative estimate of drug-likeness (QED) is 0.728. The largest absolute Gasteiger partial charge is 0.313 e. The van der Waals surface area contributed by atoms with Crippen LogP contribution in [0.15, 0.2) is 0 Å². The molecule has 0 spiro atoms. The molecule has 0 bridgehead atoms. The predicted octanol–water partition coefficient (Wildman–Crippen LogP) is 3.44. The summed E-state index contributed by atoms with van der Waals surface area (Å²) in [4.78, 5) is 0. The van der Waals surface area contributed by atoms with Crippen LogP contribution in [0.3, 0.4) is 0 Å².